The normalized spacial score (nSPS) is 14.5. The Morgan fingerprint density at radius 1 is 0.767 bits per heavy atom. The summed E-state index contributed by atoms with van der Waals surface area (Å²) < 4.78 is 23.8. The number of methoxy groups -OCH3 is 1. The highest BCUT2D eigenvalue weighted by Crippen LogP contribution is 2.14. The number of unbranched alkanes of at least 4 members (excludes halogenated alkanes) is 1. The Kier molecular flexibility index (Phi) is 12.8. The van der Waals surface area contributed by atoms with Crippen LogP contribution in [0, 0.1) is 5.82 Å². The lowest BCUT2D eigenvalue weighted by Crippen LogP contribution is -2.47. The number of halogens is 3. The van der Waals surface area contributed by atoms with Gasteiger partial charge in [0.05, 0.1) is 7.11 Å². The van der Waals surface area contributed by atoms with Crippen molar-refractivity contribution in [3.63, 3.8) is 0 Å². The Balaban J connectivity index is 0.00000225. The first kappa shape index (κ1) is 26.5. The minimum absolute atomic E-state index is 0. The third-order valence-electron chi connectivity index (χ3n) is 5.30. The lowest BCUT2D eigenvalue weighted by molar-refractivity contribution is 0.116. The molecule has 0 radical (unpaired) electrons. The zero-order chi connectivity index (χ0) is 19.6. The minimum atomic E-state index is -0.229. The van der Waals surface area contributed by atoms with Crippen LogP contribution in [0.5, 0.6) is 11.5 Å². The molecule has 0 bridgehead atoms. The van der Waals surface area contributed by atoms with Crippen molar-refractivity contribution >= 4 is 24.8 Å². The third kappa shape index (κ3) is 9.09. The summed E-state index contributed by atoms with van der Waals surface area (Å²) in [5.74, 6) is 1.43. The van der Waals surface area contributed by atoms with Crippen molar-refractivity contribution in [2.45, 2.75) is 19.3 Å². The molecule has 0 aliphatic carbocycles. The number of ether oxygens (including phenoxy) is 2. The molecule has 0 aromatic heterocycles. The van der Waals surface area contributed by atoms with E-state index in [0.29, 0.717) is 6.61 Å². The molecule has 2 aromatic carbocycles. The Labute approximate surface area is 192 Å². The summed E-state index contributed by atoms with van der Waals surface area (Å²) in [4.78, 5) is 5.00. The molecule has 0 spiro atoms. The first-order chi connectivity index (χ1) is 13.7. The van der Waals surface area contributed by atoms with Crippen LogP contribution in [0.1, 0.15) is 18.4 Å². The van der Waals surface area contributed by atoms with Crippen LogP contribution in [-0.4, -0.2) is 62.8 Å². The number of aryl methyl sites for hydroxylation is 1. The monoisotopic (exact) mass is 458 g/mol. The van der Waals surface area contributed by atoms with Gasteiger partial charge < -0.3 is 14.4 Å². The van der Waals surface area contributed by atoms with Crippen LogP contribution < -0.4 is 9.47 Å². The summed E-state index contributed by atoms with van der Waals surface area (Å²) in [6.07, 6.45) is 3.59. The summed E-state index contributed by atoms with van der Waals surface area (Å²) in [5, 5.41) is 0. The lowest BCUT2D eigenvalue weighted by atomic mass is 10.1. The number of benzene rings is 2. The fourth-order valence-electron chi connectivity index (χ4n) is 3.52. The molecule has 30 heavy (non-hydrogen) atoms. The van der Waals surface area contributed by atoms with Gasteiger partial charge in [0.1, 0.15) is 23.9 Å². The van der Waals surface area contributed by atoms with Crippen molar-refractivity contribution in [1.82, 2.24) is 9.80 Å². The molecule has 3 rings (SSSR count). The van der Waals surface area contributed by atoms with Gasteiger partial charge in [0, 0.05) is 32.7 Å². The average molecular weight is 459 g/mol. The van der Waals surface area contributed by atoms with Crippen molar-refractivity contribution < 1.29 is 13.9 Å². The van der Waals surface area contributed by atoms with Gasteiger partial charge in [-0.1, -0.05) is 12.1 Å². The SMILES string of the molecule is COc1ccc(CCCCN2CCN(CCOc3ccc(F)cc3)CC2)cc1.Cl.Cl. The summed E-state index contributed by atoms with van der Waals surface area (Å²) in [6, 6.07) is 14.6. The highest BCUT2D eigenvalue weighted by Gasteiger charge is 2.16. The van der Waals surface area contributed by atoms with Crippen LogP contribution in [0.4, 0.5) is 4.39 Å². The molecular weight excluding hydrogens is 426 g/mol. The van der Waals surface area contributed by atoms with Crippen LogP contribution in [0.2, 0.25) is 0 Å². The number of piperazine rings is 1. The van der Waals surface area contributed by atoms with Crippen molar-refractivity contribution in [3.8, 4) is 11.5 Å². The Morgan fingerprint density at radius 3 is 1.93 bits per heavy atom. The van der Waals surface area contributed by atoms with Gasteiger partial charge in [-0.05, 0) is 67.8 Å². The number of nitrogens with zero attached hydrogens (tertiary/aromatic N) is 2. The van der Waals surface area contributed by atoms with Crippen molar-refractivity contribution in [2.24, 2.45) is 0 Å². The van der Waals surface area contributed by atoms with Gasteiger partial charge in [0.2, 0.25) is 0 Å². The second-order valence-electron chi connectivity index (χ2n) is 7.29. The zero-order valence-corrected chi connectivity index (χ0v) is 19.2. The van der Waals surface area contributed by atoms with Gasteiger partial charge in [0.25, 0.3) is 0 Å². The molecule has 1 fully saturated rings. The zero-order valence-electron chi connectivity index (χ0n) is 17.6. The predicted octanol–water partition coefficient (Wildman–Crippen LogP) is 4.70. The van der Waals surface area contributed by atoms with E-state index in [1.807, 2.05) is 12.1 Å². The second kappa shape index (κ2) is 14.5. The van der Waals surface area contributed by atoms with E-state index in [-0.39, 0.29) is 30.6 Å². The molecule has 4 nitrogen and oxygen atoms in total. The van der Waals surface area contributed by atoms with Gasteiger partial charge in [-0.15, -0.1) is 24.8 Å². The molecule has 168 valence electrons. The standard InChI is InChI=1S/C23H31FN2O2.2ClH/c1-27-22-9-5-20(6-10-22)4-2-3-13-25-14-16-26(17-15-25)18-19-28-23-11-7-21(24)8-12-23;;/h5-12H,2-4,13-19H2,1H3;2*1H. The second-order valence-corrected chi connectivity index (χ2v) is 7.29. The Bertz CT molecular complexity index is 693. The van der Waals surface area contributed by atoms with Gasteiger partial charge in [-0.25, -0.2) is 4.39 Å². The molecule has 0 N–H and O–H groups in total. The molecule has 0 amide bonds. The fourth-order valence-corrected chi connectivity index (χ4v) is 3.52. The van der Waals surface area contributed by atoms with Crippen LogP contribution in [0.3, 0.4) is 0 Å². The highest BCUT2D eigenvalue weighted by atomic mass is 35.5. The quantitative estimate of drug-likeness (QED) is 0.481. The Morgan fingerprint density at radius 2 is 1.33 bits per heavy atom. The maximum Gasteiger partial charge on any atom is 0.123 e. The number of rotatable bonds is 10. The highest BCUT2D eigenvalue weighted by molar-refractivity contribution is 5.85. The molecule has 1 aliphatic heterocycles. The average Bonchev–Trinajstić information content (AvgIpc) is 2.74. The van der Waals surface area contributed by atoms with E-state index < -0.39 is 0 Å². The molecule has 7 heteroatoms. The van der Waals surface area contributed by atoms with Crippen molar-refractivity contribution in [2.75, 3.05) is 53.0 Å². The summed E-state index contributed by atoms with van der Waals surface area (Å²) in [6.45, 7) is 7.17. The van der Waals surface area contributed by atoms with E-state index in [4.69, 9.17) is 9.47 Å². The number of hydrogen-bond donors (Lipinski definition) is 0. The first-order valence-corrected chi connectivity index (χ1v) is 10.2. The molecular formula is C23H33Cl2FN2O2. The van der Waals surface area contributed by atoms with Crippen LogP contribution in [0.25, 0.3) is 0 Å². The van der Waals surface area contributed by atoms with Crippen LogP contribution in [0.15, 0.2) is 48.5 Å². The molecule has 1 saturated heterocycles. The van der Waals surface area contributed by atoms with E-state index in [2.05, 4.69) is 21.9 Å². The molecule has 1 heterocycles. The van der Waals surface area contributed by atoms with Gasteiger partial charge in [-0.3, -0.25) is 4.90 Å². The van der Waals surface area contributed by atoms with Gasteiger partial charge >= 0.3 is 0 Å². The topological polar surface area (TPSA) is 24.9 Å². The lowest BCUT2D eigenvalue weighted by Gasteiger charge is -2.34. The van der Waals surface area contributed by atoms with E-state index in [1.165, 1.54) is 37.1 Å². The first-order valence-electron chi connectivity index (χ1n) is 10.2. The van der Waals surface area contributed by atoms with E-state index in [1.54, 1.807) is 19.2 Å². The van der Waals surface area contributed by atoms with Crippen molar-refractivity contribution in [1.29, 1.82) is 0 Å². The third-order valence-corrected chi connectivity index (χ3v) is 5.30. The van der Waals surface area contributed by atoms with Crippen LogP contribution in [-0.2, 0) is 6.42 Å². The van der Waals surface area contributed by atoms with E-state index in [9.17, 15) is 4.39 Å². The molecule has 2 aromatic rings. The molecule has 0 saturated carbocycles. The smallest absolute Gasteiger partial charge is 0.123 e. The maximum atomic E-state index is 12.9. The predicted molar refractivity (Wildman–Crippen MR) is 125 cm³/mol. The maximum absolute atomic E-state index is 12.9. The molecule has 0 atom stereocenters. The Hall–Kier alpha value is -1.53. The molecule has 0 unspecified atom stereocenters. The minimum Gasteiger partial charge on any atom is -0.497 e. The summed E-state index contributed by atoms with van der Waals surface area (Å²) in [7, 11) is 1.70. The van der Waals surface area contributed by atoms with Crippen molar-refractivity contribution in [3.05, 3.63) is 59.9 Å². The fraction of sp³-hybridized carbons (Fsp3) is 0.478. The molecule has 1 aliphatic rings. The summed E-state index contributed by atoms with van der Waals surface area (Å²) >= 11 is 0. The van der Waals surface area contributed by atoms with Gasteiger partial charge in [-0.2, -0.15) is 0 Å². The van der Waals surface area contributed by atoms with Gasteiger partial charge in [0.15, 0.2) is 0 Å². The van der Waals surface area contributed by atoms with E-state index in [0.717, 1.165) is 50.6 Å². The van der Waals surface area contributed by atoms with Crippen LogP contribution >= 0.6 is 24.8 Å². The summed E-state index contributed by atoms with van der Waals surface area (Å²) in [5.41, 5.74) is 1.38. The van der Waals surface area contributed by atoms with E-state index >= 15 is 0 Å². The number of hydrogen-bond acceptors (Lipinski definition) is 4. The largest absolute Gasteiger partial charge is 0.497 e.